The lowest BCUT2D eigenvalue weighted by molar-refractivity contribution is 0.0389. The van der Waals surface area contributed by atoms with Gasteiger partial charge in [-0.2, -0.15) is 12.7 Å². The molecule has 1 aromatic carbocycles. The van der Waals surface area contributed by atoms with E-state index in [4.69, 9.17) is 14.2 Å². The molecular weight excluding hydrogens is 515 g/mol. The van der Waals surface area contributed by atoms with Gasteiger partial charge in [0.2, 0.25) is 0 Å². The van der Waals surface area contributed by atoms with Crippen LogP contribution in [0.15, 0.2) is 42.6 Å². The van der Waals surface area contributed by atoms with Gasteiger partial charge in [-0.25, -0.2) is 18.9 Å². The number of halogens is 1. The lowest BCUT2D eigenvalue weighted by Crippen LogP contribution is -2.45. The molecular formula is C26H29FN4O6S. The molecule has 0 aliphatic carbocycles. The Morgan fingerprint density at radius 2 is 2.05 bits per heavy atom. The molecule has 5 rings (SSSR count). The Morgan fingerprint density at radius 3 is 2.79 bits per heavy atom. The molecule has 0 atom stereocenters. The molecule has 1 fully saturated rings. The van der Waals surface area contributed by atoms with Gasteiger partial charge in [0.25, 0.3) is 0 Å². The van der Waals surface area contributed by atoms with Crippen LogP contribution in [0.3, 0.4) is 0 Å². The molecule has 12 heteroatoms. The van der Waals surface area contributed by atoms with Gasteiger partial charge in [0.1, 0.15) is 17.2 Å². The van der Waals surface area contributed by atoms with E-state index >= 15 is 0 Å². The van der Waals surface area contributed by atoms with E-state index < -0.39 is 16.3 Å². The molecule has 1 amide bonds. The number of H-pyrrole nitrogens is 1. The minimum absolute atomic E-state index is 0.0886. The number of aromatic amines is 1. The summed E-state index contributed by atoms with van der Waals surface area (Å²) in [5.74, 6) is 0.336. The summed E-state index contributed by atoms with van der Waals surface area (Å²) in [7, 11) is -2.52. The summed E-state index contributed by atoms with van der Waals surface area (Å²) in [6.45, 7) is 1.66. The molecule has 2 aromatic heterocycles. The van der Waals surface area contributed by atoms with Crippen molar-refractivity contribution >= 4 is 32.9 Å². The molecule has 3 aromatic rings. The Bertz CT molecular complexity index is 1470. The van der Waals surface area contributed by atoms with Gasteiger partial charge >= 0.3 is 16.3 Å². The monoisotopic (exact) mass is 544 g/mol. The fourth-order valence-electron chi connectivity index (χ4n) is 4.74. The maximum absolute atomic E-state index is 14.0. The molecule has 0 spiro atoms. The second-order valence-corrected chi connectivity index (χ2v) is 10.9. The van der Waals surface area contributed by atoms with Gasteiger partial charge in [0.15, 0.2) is 0 Å². The van der Waals surface area contributed by atoms with Crippen molar-refractivity contribution in [3.63, 3.8) is 0 Å². The summed E-state index contributed by atoms with van der Waals surface area (Å²) >= 11 is 0. The predicted octanol–water partition coefficient (Wildman–Crippen LogP) is 3.86. The number of aromatic nitrogens is 2. The lowest BCUT2D eigenvalue weighted by Gasteiger charge is -2.26. The third-order valence-electron chi connectivity index (χ3n) is 6.84. The molecule has 0 saturated carbocycles. The molecule has 10 nitrogen and oxygen atoms in total. The van der Waals surface area contributed by atoms with Gasteiger partial charge in [0.05, 0.1) is 13.7 Å². The van der Waals surface area contributed by atoms with Crippen molar-refractivity contribution in [2.24, 2.45) is 5.92 Å². The summed E-state index contributed by atoms with van der Waals surface area (Å²) in [5, 5.41) is 0.788. The van der Waals surface area contributed by atoms with Gasteiger partial charge in [-0.15, -0.1) is 0 Å². The second kappa shape index (κ2) is 11.1. The Hall–Kier alpha value is -3.48. The molecule has 0 unspecified atom stereocenters. The first-order valence-corrected chi connectivity index (χ1v) is 13.8. The number of fused-ring (bicyclic) bond motifs is 1. The van der Waals surface area contributed by atoms with Crippen LogP contribution in [0, 0.1) is 11.7 Å². The van der Waals surface area contributed by atoms with Gasteiger partial charge in [-0.1, -0.05) is 6.08 Å². The van der Waals surface area contributed by atoms with Crippen LogP contribution >= 0.6 is 0 Å². The van der Waals surface area contributed by atoms with Gasteiger partial charge in [-0.05, 0) is 66.6 Å². The SMILES string of the molecule is COc1ccc(F)cc1-c1ccnc2[nH]c(C3=CCN(S(=O)(=O)NC(=O)OCC4CCOCC4)CC3)cc12. The number of hydrogen-bond donors (Lipinski definition) is 2. The van der Waals surface area contributed by atoms with E-state index in [1.165, 1.54) is 23.5 Å². The number of hydrogen-bond acceptors (Lipinski definition) is 7. The summed E-state index contributed by atoms with van der Waals surface area (Å²) in [6.07, 6.45) is 4.43. The Kier molecular flexibility index (Phi) is 7.63. The van der Waals surface area contributed by atoms with Crippen LogP contribution in [0.2, 0.25) is 0 Å². The van der Waals surface area contributed by atoms with E-state index in [0.29, 0.717) is 36.6 Å². The zero-order valence-electron chi connectivity index (χ0n) is 20.9. The third-order valence-corrected chi connectivity index (χ3v) is 8.28. The maximum atomic E-state index is 14.0. The zero-order chi connectivity index (χ0) is 26.7. The van der Waals surface area contributed by atoms with Crippen LogP contribution in [0.25, 0.3) is 27.7 Å². The topological polar surface area (TPSA) is 123 Å². The molecule has 0 radical (unpaired) electrons. The average molecular weight is 545 g/mol. The smallest absolute Gasteiger partial charge is 0.421 e. The molecule has 38 heavy (non-hydrogen) atoms. The number of nitrogens with zero attached hydrogens (tertiary/aromatic N) is 2. The number of carbonyl (C=O) groups is 1. The van der Waals surface area contributed by atoms with Gasteiger partial charge in [0, 0.05) is 49.1 Å². The number of ether oxygens (including phenoxy) is 3. The van der Waals surface area contributed by atoms with Gasteiger partial charge < -0.3 is 19.2 Å². The average Bonchev–Trinajstić information content (AvgIpc) is 3.37. The first kappa shape index (κ1) is 26.1. The van der Waals surface area contributed by atoms with Crippen LogP contribution in [0.4, 0.5) is 9.18 Å². The third kappa shape index (κ3) is 5.66. The number of methoxy groups -OCH3 is 1. The minimum Gasteiger partial charge on any atom is -0.496 e. The highest BCUT2D eigenvalue weighted by Gasteiger charge is 2.28. The van der Waals surface area contributed by atoms with Crippen LogP contribution in [0.1, 0.15) is 25.0 Å². The van der Waals surface area contributed by atoms with Crippen molar-refractivity contribution in [1.82, 2.24) is 19.0 Å². The fourth-order valence-corrected chi connectivity index (χ4v) is 5.75. The van der Waals surface area contributed by atoms with Crippen molar-refractivity contribution in [2.75, 3.05) is 40.0 Å². The van der Waals surface area contributed by atoms with E-state index in [0.717, 1.165) is 35.1 Å². The number of rotatable bonds is 7. The first-order chi connectivity index (χ1) is 18.3. The summed E-state index contributed by atoms with van der Waals surface area (Å²) in [6, 6.07) is 8.07. The Labute approximate surface area is 220 Å². The first-order valence-electron chi connectivity index (χ1n) is 12.4. The van der Waals surface area contributed by atoms with Crippen molar-refractivity contribution in [2.45, 2.75) is 19.3 Å². The zero-order valence-corrected chi connectivity index (χ0v) is 21.7. The number of pyridine rings is 1. The number of benzene rings is 1. The van der Waals surface area contributed by atoms with Crippen LogP contribution in [-0.4, -0.2) is 68.8 Å². The highest BCUT2D eigenvalue weighted by Crippen LogP contribution is 2.36. The van der Waals surface area contributed by atoms with Crippen molar-refractivity contribution in [3.05, 3.63) is 54.1 Å². The predicted molar refractivity (Wildman–Crippen MR) is 139 cm³/mol. The molecule has 2 aliphatic heterocycles. The number of nitrogens with one attached hydrogen (secondary N) is 2. The summed E-state index contributed by atoms with van der Waals surface area (Å²) in [5.41, 5.74) is 3.69. The quantitative estimate of drug-likeness (QED) is 0.463. The summed E-state index contributed by atoms with van der Waals surface area (Å²) in [4.78, 5) is 19.8. The minimum atomic E-state index is -4.05. The molecule has 1 saturated heterocycles. The van der Waals surface area contributed by atoms with Crippen molar-refractivity contribution in [3.8, 4) is 16.9 Å². The number of carbonyl (C=O) groups excluding carboxylic acids is 1. The van der Waals surface area contributed by atoms with E-state index in [1.807, 2.05) is 10.8 Å². The molecule has 2 aliphatic rings. The maximum Gasteiger partial charge on any atom is 0.421 e. The highest BCUT2D eigenvalue weighted by atomic mass is 32.2. The fraction of sp³-hybridized carbons (Fsp3) is 0.385. The van der Waals surface area contributed by atoms with E-state index in [2.05, 4.69) is 9.97 Å². The largest absolute Gasteiger partial charge is 0.496 e. The second-order valence-electron chi connectivity index (χ2n) is 9.25. The molecule has 202 valence electrons. The lowest BCUT2D eigenvalue weighted by atomic mass is 10.0. The van der Waals surface area contributed by atoms with E-state index in [9.17, 15) is 17.6 Å². The molecule has 2 N–H and O–H groups in total. The number of amides is 1. The van der Waals surface area contributed by atoms with E-state index in [1.54, 1.807) is 24.4 Å². The molecule has 0 bridgehead atoms. The highest BCUT2D eigenvalue weighted by molar-refractivity contribution is 7.87. The van der Waals surface area contributed by atoms with Crippen LogP contribution < -0.4 is 9.46 Å². The molecule has 4 heterocycles. The van der Waals surface area contributed by atoms with Crippen molar-refractivity contribution < 1.29 is 31.8 Å². The van der Waals surface area contributed by atoms with Gasteiger partial charge in [-0.3, -0.25) is 0 Å². The Morgan fingerprint density at radius 1 is 1.24 bits per heavy atom. The van der Waals surface area contributed by atoms with Crippen LogP contribution in [0.5, 0.6) is 5.75 Å². The normalized spacial score (nSPS) is 17.3. The van der Waals surface area contributed by atoms with Crippen molar-refractivity contribution in [1.29, 1.82) is 0 Å². The summed E-state index contributed by atoms with van der Waals surface area (Å²) < 4.78 is 58.5. The van der Waals surface area contributed by atoms with E-state index in [-0.39, 0.29) is 31.4 Å². The standard InChI is InChI=1S/C26H29FN4O6S/c1-35-24-3-2-19(27)14-21(24)20-4-9-28-25-22(20)15-23(29-25)18-5-10-31(11-6-18)38(33,34)30-26(32)37-16-17-7-12-36-13-8-17/h2-5,9,14-15,17H,6-8,10-13,16H2,1H3,(H,28,29)(H,30,32). The van der Waals surface area contributed by atoms with Crippen LogP contribution in [-0.2, 0) is 19.7 Å². The Balaban J connectivity index is 1.28.